The Hall–Kier alpha value is -2.82. The molecular formula is C18H17FO4. The average molecular weight is 316 g/mol. The Kier molecular flexibility index (Phi) is 5.36. The highest BCUT2D eigenvalue weighted by Gasteiger charge is 2.12. The number of halogens is 1. The molecule has 2 rings (SSSR count). The fourth-order valence-electron chi connectivity index (χ4n) is 2.08. The van der Waals surface area contributed by atoms with Gasteiger partial charge in [-0.15, -0.1) is 0 Å². The first-order chi connectivity index (χ1) is 11.1. The van der Waals surface area contributed by atoms with Crippen molar-refractivity contribution >= 4 is 11.9 Å². The molecule has 0 aliphatic carbocycles. The molecule has 120 valence electrons. The largest absolute Gasteiger partial charge is 0.493 e. The van der Waals surface area contributed by atoms with E-state index < -0.39 is 0 Å². The van der Waals surface area contributed by atoms with Crippen LogP contribution in [-0.2, 0) is 0 Å². The minimum atomic E-state index is -0.379. The fourth-order valence-corrected chi connectivity index (χ4v) is 2.08. The number of methoxy groups -OCH3 is 3. The van der Waals surface area contributed by atoms with Crippen LogP contribution in [0.3, 0.4) is 0 Å². The van der Waals surface area contributed by atoms with E-state index in [9.17, 15) is 9.18 Å². The van der Waals surface area contributed by atoms with Crippen molar-refractivity contribution in [2.24, 2.45) is 0 Å². The third-order valence-corrected chi connectivity index (χ3v) is 3.24. The summed E-state index contributed by atoms with van der Waals surface area (Å²) in [6.45, 7) is 0. The third-order valence-electron chi connectivity index (χ3n) is 3.24. The van der Waals surface area contributed by atoms with Crippen molar-refractivity contribution in [2.45, 2.75) is 0 Å². The highest BCUT2D eigenvalue weighted by molar-refractivity contribution is 6.06. The topological polar surface area (TPSA) is 44.8 Å². The quantitative estimate of drug-likeness (QED) is 0.601. The molecule has 5 heteroatoms. The van der Waals surface area contributed by atoms with E-state index in [2.05, 4.69) is 0 Å². The van der Waals surface area contributed by atoms with Gasteiger partial charge in [0.25, 0.3) is 0 Å². The predicted octanol–water partition coefficient (Wildman–Crippen LogP) is 3.75. The normalized spacial score (nSPS) is 10.6. The lowest BCUT2D eigenvalue weighted by atomic mass is 10.1. The van der Waals surface area contributed by atoms with Gasteiger partial charge in [-0.05, 0) is 48.0 Å². The standard InChI is InChI=1S/C18H17FO4/c1-21-16-10-12(11-17(22-2)18(16)23-3)4-9-15(20)13-5-7-14(19)8-6-13/h4-11H,1-3H3. The maximum absolute atomic E-state index is 12.9. The van der Waals surface area contributed by atoms with E-state index >= 15 is 0 Å². The summed E-state index contributed by atoms with van der Waals surface area (Å²) in [4.78, 5) is 12.1. The molecule has 0 aromatic heterocycles. The molecule has 0 fully saturated rings. The van der Waals surface area contributed by atoms with E-state index in [1.165, 1.54) is 51.7 Å². The first-order valence-electron chi connectivity index (χ1n) is 6.87. The van der Waals surface area contributed by atoms with Gasteiger partial charge in [-0.3, -0.25) is 4.79 Å². The second-order valence-corrected chi connectivity index (χ2v) is 4.66. The van der Waals surface area contributed by atoms with Crippen LogP contribution >= 0.6 is 0 Å². The van der Waals surface area contributed by atoms with Crippen molar-refractivity contribution < 1.29 is 23.4 Å². The smallest absolute Gasteiger partial charge is 0.203 e. The van der Waals surface area contributed by atoms with E-state index in [4.69, 9.17) is 14.2 Å². The Balaban J connectivity index is 2.28. The Bertz CT molecular complexity index is 695. The summed E-state index contributed by atoms with van der Waals surface area (Å²) in [7, 11) is 4.57. The molecule has 0 atom stereocenters. The first kappa shape index (κ1) is 16.5. The Morgan fingerprint density at radius 3 is 2.00 bits per heavy atom. The second-order valence-electron chi connectivity index (χ2n) is 4.66. The molecule has 4 nitrogen and oxygen atoms in total. The van der Waals surface area contributed by atoms with E-state index in [0.717, 1.165) is 5.56 Å². The lowest BCUT2D eigenvalue weighted by Crippen LogP contribution is -1.96. The number of hydrogen-bond acceptors (Lipinski definition) is 4. The van der Waals surface area contributed by atoms with E-state index in [1.54, 1.807) is 18.2 Å². The Morgan fingerprint density at radius 2 is 1.52 bits per heavy atom. The summed E-state index contributed by atoms with van der Waals surface area (Å²) in [6, 6.07) is 8.85. The molecule has 0 aliphatic heterocycles. The van der Waals surface area contributed by atoms with Crippen LogP contribution in [-0.4, -0.2) is 27.1 Å². The van der Waals surface area contributed by atoms with Crippen LogP contribution < -0.4 is 14.2 Å². The van der Waals surface area contributed by atoms with Crippen molar-refractivity contribution in [2.75, 3.05) is 21.3 Å². The zero-order valence-corrected chi connectivity index (χ0v) is 13.1. The van der Waals surface area contributed by atoms with E-state index in [0.29, 0.717) is 22.8 Å². The van der Waals surface area contributed by atoms with Crippen molar-refractivity contribution in [3.8, 4) is 17.2 Å². The van der Waals surface area contributed by atoms with Gasteiger partial charge < -0.3 is 14.2 Å². The number of ketones is 1. The maximum atomic E-state index is 12.9. The van der Waals surface area contributed by atoms with Gasteiger partial charge in [0, 0.05) is 5.56 Å². The summed E-state index contributed by atoms with van der Waals surface area (Å²) in [5.41, 5.74) is 1.13. The van der Waals surface area contributed by atoms with Gasteiger partial charge in [-0.25, -0.2) is 4.39 Å². The summed E-state index contributed by atoms with van der Waals surface area (Å²) in [6.07, 6.45) is 3.05. The van der Waals surface area contributed by atoms with Crippen molar-refractivity contribution in [1.82, 2.24) is 0 Å². The van der Waals surface area contributed by atoms with Crippen LogP contribution in [0, 0.1) is 5.82 Å². The molecule has 0 bridgehead atoms. The minimum absolute atomic E-state index is 0.223. The third kappa shape index (κ3) is 3.88. The Labute approximate surface area is 134 Å². The SMILES string of the molecule is COc1cc(C=CC(=O)c2ccc(F)cc2)cc(OC)c1OC. The molecular weight excluding hydrogens is 299 g/mol. The molecule has 0 amide bonds. The molecule has 2 aromatic carbocycles. The van der Waals surface area contributed by atoms with Gasteiger partial charge in [0.15, 0.2) is 17.3 Å². The lowest BCUT2D eigenvalue weighted by molar-refractivity contribution is 0.104. The molecule has 0 heterocycles. The zero-order chi connectivity index (χ0) is 16.8. The van der Waals surface area contributed by atoms with Crippen LogP contribution in [0.15, 0.2) is 42.5 Å². The molecule has 0 saturated heterocycles. The number of ether oxygens (including phenoxy) is 3. The average Bonchev–Trinajstić information content (AvgIpc) is 2.59. The van der Waals surface area contributed by atoms with Gasteiger partial charge in [0.2, 0.25) is 5.75 Å². The van der Waals surface area contributed by atoms with Gasteiger partial charge >= 0.3 is 0 Å². The molecule has 0 saturated carbocycles. The monoisotopic (exact) mass is 316 g/mol. The summed E-state index contributed by atoms with van der Waals surface area (Å²) in [5, 5.41) is 0. The molecule has 0 unspecified atom stereocenters. The van der Waals surface area contributed by atoms with Crippen LogP contribution in [0.2, 0.25) is 0 Å². The predicted molar refractivity (Wildman–Crippen MR) is 85.9 cm³/mol. The van der Waals surface area contributed by atoms with Crippen molar-refractivity contribution in [3.05, 3.63) is 59.4 Å². The van der Waals surface area contributed by atoms with E-state index in [1.807, 2.05) is 0 Å². The summed E-state index contributed by atoms with van der Waals surface area (Å²) in [5.74, 6) is 0.882. The number of hydrogen-bond donors (Lipinski definition) is 0. The minimum Gasteiger partial charge on any atom is -0.493 e. The lowest BCUT2D eigenvalue weighted by Gasteiger charge is -2.12. The molecule has 0 N–H and O–H groups in total. The van der Waals surface area contributed by atoms with Gasteiger partial charge in [-0.1, -0.05) is 6.08 Å². The van der Waals surface area contributed by atoms with Crippen LogP contribution in [0.4, 0.5) is 4.39 Å². The number of benzene rings is 2. The molecule has 23 heavy (non-hydrogen) atoms. The second kappa shape index (κ2) is 7.45. The van der Waals surface area contributed by atoms with Gasteiger partial charge in [-0.2, -0.15) is 0 Å². The highest BCUT2D eigenvalue weighted by Crippen LogP contribution is 2.38. The Morgan fingerprint density at radius 1 is 0.957 bits per heavy atom. The number of carbonyl (C=O) groups excluding carboxylic acids is 1. The summed E-state index contributed by atoms with van der Waals surface area (Å²) < 4.78 is 28.6. The molecule has 0 radical (unpaired) electrons. The molecule has 0 spiro atoms. The van der Waals surface area contributed by atoms with Crippen molar-refractivity contribution in [3.63, 3.8) is 0 Å². The zero-order valence-electron chi connectivity index (χ0n) is 13.1. The van der Waals surface area contributed by atoms with Crippen LogP contribution in [0.1, 0.15) is 15.9 Å². The summed E-state index contributed by atoms with van der Waals surface area (Å²) >= 11 is 0. The first-order valence-corrected chi connectivity index (χ1v) is 6.87. The van der Waals surface area contributed by atoms with Crippen LogP contribution in [0.5, 0.6) is 17.2 Å². The van der Waals surface area contributed by atoms with Crippen molar-refractivity contribution in [1.29, 1.82) is 0 Å². The molecule has 0 aliphatic rings. The number of carbonyl (C=O) groups is 1. The number of allylic oxidation sites excluding steroid dienone is 1. The molecule has 2 aromatic rings. The number of rotatable bonds is 6. The maximum Gasteiger partial charge on any atom is 0.203 e. The van der Waals surface area contributed by atoms with Crippen LogP contribution in [0.25, 0.3) is 6.08 Å². The van der Waals surface area contributed by atoms with E-state index in [-0.39, 0.29) is 11.6 Å². The fraction of sp³-hybridized carbons (Fsp3) is 0.167. The van der Waals surface area contributed by atoms with Gasteiger partial charge in [0.1, 0.15) is 5.82 Å². The highest BCUT2D eigenvalue weighted by atomic mass is 19.1. The van der Waals surface area contributed by atoms with Gasteiger partial charge in [0.05, 0.1) is 21.3 Å².